The molecule has 1 aromatic heterocycles. The highest BCUT2D eigenvalue weighted by molar-refractivity contribution is 6.50. The number of aromatic amines is 1. The van der Waals surface area contributed by atoms with E-state index in [0.29, 0.717) is 16.5 Å². The molecule has 0 saturated heterocycles. The Kier molecular flexibility index (Phi) is 5.18. The van der Waals surface area contributed by atoms with Crippen molar-refractivity contribution in [1.82, 2.24) is 9.97 Å². The molecule has 134 valence electrons. The molecule has 2 aromatic carbocycles. The lowest BCUT2D eigenvalue weighted by Gasteiger charge is -2.10. The topological polar surface area (TPSA) is 64.2 Å². The Morgan fingerprint density at radius 1 is 1.23 bits per heavy atom. The number of nitrogens with zero attached hydrogens (tertiary/aromatic N) is 1. The van der Waals surface area contributed by atoms with E-state index >= 15 is 0 Å². The molecule has 0 unspecified atom stereocenters. The molecule has 3 rings (SSSR count). The number of ether oxygens (including phenoxy) is 2. The molecule has 3 aromatic rings. The molecule has 5 nitrogen and oxygen atoms in total. The van der Waals surface area contributed by atoms with Crippen molar-refractivity contribution in [2.24, 2.45) is 0 Å². The molecule has 8 heteroatoms. The standard InChI is InChI=1S/C18H13ClF2N2O3/c1-25-15-9-10(6-7-14(15)26-18(20)21)8-12(19)16-22-13-5-3-2-4-11(13)17(24)23-16/h2-9,18H,1H3,(H,22,23,24). The van der Waals surface area contributed by atoms with Crippen LogP contribution in [0.4, 0.5) is 8.78 Å². The highest BCUT2D eigenvalue weighted by atomic mass is 35.5. The van der Waals surface area contributed by atoms with Crippen molar-refractivity contribution < 1.29 is 18.3 Å². The van der Waals surface area contributed by atoms with Gasteiger partial charge in [0, 0.05) is 0 Å². The van der Waals surface area contributed by atoms with Crippen molar-refractivity contribution in [2.75, 3.05) is 7.11 Å². The number of halogens is 3. The van der Waals surface area contributed by atoms with Gasteiger partial charge in [0.1, 0.15) is 0 Å². The van der Waals surface area contributed by atoms with Crippen LogP contribution in [0, 0.1) is 0 Å². The van der Waals surface area contributed by atoms with Gasteiger partial charge in [-0.3, -0.25) is 4.79 Å². The first kappa shape index (κ1) is 17.9. The Morgan fingerprint density at radius 2 is 2.00 bits per heavy atom. The van der Waals surface area contributed by atoms with Crippen LogP contribution in [0.5, 0.6) is 11.5 Å². The lowest BCUT2D eigenvalue weighted by Crippen LogP contribution is -2.10. The smallest absolute Gasteiger partial charge is 0.387 e. The third-order valence-electron chi connectivity index (χ3n) is 3.54. The highest BCUT2D eigenvalue weighted by Gasteiger charge is 2.11. The Hall–Kier alpha value is -2.93. The predicted molar refractivity (Wildman–Crippen MR) is 95.7 cm³/mol. The molecule has 0 atom stereocenters. The Labute approximate surface area is 151 Å². The van der Waals surface area contributed by atoms with Gasteiger partial charge in [0.25, 0.3) is 5.56 Å². The first-order chi connectivity index (χ1) is 12.5. The van der Waals surface area contributed by atoms with Gasteiger partial charge in [0.15, 0.2) is 17.3 Å². The number of hydrogen-bond donors (Lipinski definition) is 1. The van der Waals surface area contributed by atoms with Gasteiger partial charge >= 0.3 is 6.61 Å². The van der Waals surface area contributed by atoms with E-state index in [9.17, 15) is 13.6 Å². The monoisotopic (exact) mass is 378 g/mol. The molecule has 0 aliphatic carbocycles. The third kappa shape index (κ3) is 3.83. The van der Waals surface area contributed by atoms with Crippen molar-refractivity contribution in [1.29, 1.82) is 0 Å². The van der Waals surface area contributed by atoms with Crippen molar-refractivity contribution >= 4 is 33.6 Å². The van der Waals surface area contributed by atoms with E-state index < -0.39 is 6.61 Å². The molecular formula is C18H13ClF2N2O3. The summed E-state index contributed by atoms with van der Waals surface area (Å²) in [4.78, 5) is 19.1. The van der Waals surface area contributed by atoms with Crippen LogP contribution in [0.15, 0.2) is 47.3 Å². The van der Waals surface area contributed by atoms with E-state index in [1.165, 1.54) is 31.4 Å². The van der Waals surface area contributed by atoms with Crippen molar-refractivity contribution in [3.63, 3.8) is 0 Å². The summed E-state index contributed by atoms with van der Waals surface area (Å²) in [5, 5.41) is 0.633. The molecule has 0 aliphatic heterocycles. The second-order valence-electron chi connectivity index (χ2n) is 5.21. The normalized spacial score (nSPS) is 11.8. The SMILES string of the molecule is COc1cc(C=C(Cl)c2nc3ccccc3c(=O)[nH]2)ccc1OC(F)F. The molecule has 1 heterocycles. The minimum atomic E-state index is -2.96. The summed E-state index contributed by atoms with van der Waals surface area (Å²) in [6, 6.07) is 11.2. The molecule has 0 amide bonds. The zero-order valence-electron chi connectivity index (χ0n) is 13.5. The molecular weight excluding hydrogens is 366 g/mol. The van der Waals surface area contributed by atoms with Gasteiger partial charge in [0.05, 0.1) is 23.0 Å². The fourth-order valence-electron chi connectivity index (χ4n) is 2.38. The molecule has 0 saturated carbocycles. The summed E-state index contributed by atoms with van der Waals surface area (Å²) in [6.07, 6.45) is 1.53. The fourth-order valence-corrected chi connectivity index (χ4v) is 2.60. The van der Waals surface area contributed by atoms with Crippen LogP contribution in [0.2, 0.25) is 0 Å². The van der Waals surface area contributed by atoms with E-state index in [-0.39, 0.29) is 27.9 Å². The first-order valence-corrected chi connectivity index (χ1v) is 7.85. The number of benzene rings is 2. The number of fused-ring (bicyclic) bond motifs is 1. The maximum absolute atomic E-state index is 12.4. The maximum atomic E-state index is 12.4. The Morgan fingerprint density at radius 3 is 2.73 bits per heavy atom. The van der Waals surface area contributed by atoms with Gasteiger partial charge < -0.3 is 14.5 Å². The maximum Gasteiger partial charge on any atom is 0.387 e. The number of rotatable bonds is 5. The molecule has 26 heavy (non-hydrogen) atoms. The summed E-state index contributed by atoms with van der Waals surface area (Å²) in [5.41, 5.74) is 0.760. The predicted octanol–water partition coefficient (Wildman–Crippen LogP) is 4.27. The summed E-state index contributed by atoms with van der Waals surface area (Å²) in [5.74, 6) is 0.235. The lowest BCUT2D eigenvalue weighted by atomic mass is 10.2. The quantitative estimate of drug-likeness (QED) is 0.720. The zero-order chi connectivity index (χ0) is 18.7. The second-order valence-corrected chi connectivity index (χ2v) is 5.62. The van der Waals surface area contributed by atoms with E-state index in [1.54, 1.807) is 24.3 Å². The average molecular weight is 379 g/mol. The Bertz CT molecular complexity index is 1030. The number of para-hydroxylation sites is 1. The second kappa shape index (κ2) is 7.53. The van der Waals surface area contributed by atoms with Crippen LogP contribution in [0.1, 0.15) is 11.4 Å². The van der Waals surface area contributed by atoms with Crippen LogP contribution >= 0.6 is 11.6 Å². The molecule has 0 aliphatic rings. The third-order valence-corrected chi connectivity index (χ3v) is 3.82. The van der Waals surface area contributed by atoms with Crippen molar-refractivity contribution in [2.45, 2.75) is 6.61 Å². The molecule has 0 radical (unpaired) electrons. The molecule has 0 bridgehead atoms. The summed E-state index contributed by atoms with van der Waals surface area (Å²) in [7, 11) is 1.34. The van der Waals surface area contributed by atoms with E-state index in [1.807, 2.05) is 0 Å². The van der Waals surface area contributed by atoms with Crippen LogP contribution in [-0.2, 0) is 0 Å². The first-order valence-electron chi connectivity index (χ1n) is 7.47. The minimum absolute atomic E-state index is 0.0898. The Balaban J connectivity index is 1.98. The summed E-state index contributed by atoms with van der Waals surface area (Å²) >= 11 is 6.27. The van der Waals surface area contributed by atoms with Crippen molar-refractivity contribution in [3.8, 4) is 11.5 Å². The van der Waals surface area contributed by atoms with Crippen LogP contribution < -0.4 is 15.0 Å². The van der Waals surface area contributed by atoms with Gasteiger partial charge in [-0.2, -0.15) is 8.78 Å². The van der Waals surface area contributed by atoms with Crippen LogP contribution in [0.3, 0.4) is 0 Å². The largest absolute Gasteiger partial charge is 0.493 e. The average Bonchev–Trinajstić information content (AvgIpc) is 2.62. The minimum Gasteiger partial charge on any atom is -0.493 e. The van der Waals surface area contributed by atoms with Gasteiger partial charge in [-0.05, 0) is 35.9 Å². The number of aromatic nitrogens is 2. The number of H-pyrrole nitrogens is 1. The van der Waals surface area contributed by atoms with E-state index in [0.717, 1.165) is 0 Å². The molecule has 0 fully saturated rings. The lowest BCUT2D eigenvalue weighted by molar-refractivity contribution is -0.0512. The molecule has 1 N–H and O–H groups in total. The van der Waals surface area contributed by atoms with Crippen molar-refractivity contribution in [3.05, 3.63) is 64.2 Å². The zero-order valence-corrected chi connectivity index (χ0v) is 14.3. The number of nitrogens with one attached hydrogen (secondary N) is 1. The van der Waals surface area contributed by atoms with Gasteiger partial charge in [-0.1, -0.05) is 29.8 Å². The fraction of sp³-hybridized carbons (Fsp3) is 0.111. The summed E-state index contributed by atoms with van der Waals surface area (Å²) in [6.45, 7) is -2.96. The van der Waals surface area contributed by atoms with E-state index in [4.69, 9.17) is 16.3 Å². The van der Waals surface area contributed by atoms with Gasteiger partial charge in [-0.25, -0.2) is 4.98 Å². The molecule has 0 spiro atoms. The highest BCUT2D eigenvalue weighted by Crippen LogP contribution is 2.31. The van der Waals surface area contributed by atoms with E-state index in [2.05, 4.69) is 14.7 Å². The van der Waals surface area contributed by atoms with Crippen LogP contribution in [-0.4, -0.2) is 23.7 Å². The van der Waals surface area contributed by atoms with Crippen LogP contribution in [0.25, 0.3) is 22.0 Å². The number of methoxy groups -OCH3 is 1. The van der Waals surface area contributed by atoms with Gasteiger partial charge in [-0.15, -0.1) is 0 Å². The van der Waals surface area contributed by atoms with Gasteiger partial charge in [0.2, 0.25) is 0 Å². The number of hydrogen-bond acceptors (Lipinski definition) is 4. The summed E-state index contributed by atoms with van der Waals surface area (Å²) < 4.78 is 34.2. The number of alkyl halides is 2.